The molecule has 26 heavy (non-hydrogen) atoms. The normalized spacial score (nSPS) is 16.7. The lowest BCUT2D eigenvalue weighted by atomic mass is 10.1. The summed E-state index contributed by atoms with van der Waals surface area (Å²) < 4.78 is 15.1. The number of rotatable bonds is 4. The third-order valence-corrected chi connectivity index (χ3v) is 5.64. The van der Waals surface area contributed by atoms with Crippen molar-refractivity contribution in [1.29, 1.82) is 0 Å². The van der Waals surface area contributed by atoms with E-state index < -0.39 is 0 Å². The number of benzene rings is 1. The number of carbonyl (C=O) groups excluding carboxylic acids is 1. The maximum atomic E-state index is 13.1. The van der Waals surface area contributed by atoms with E-state index in [9.17, 15) is 9.18 Å². The largest absolute Gasteiger partial charge is 0.322 e. The fourth-order valence-electron chi connectivity index (χ4n) is 4.30. The standard InChI is InChI=1S/C20H25FN4O/c1-24-19-8-4-7-17(19)18(23-24)13-25(16-5-2-3-6-16)20(26)22-15-11-9-14(21)10-12-15/h9-12,16H,2-8,13H2,1H3,(H,22,26). The molecule has 0 aliphatic heterocycles. The van der Waals surface area contributed by atoms with Crippen molar-refractivity contribution in [2.75, 3.05) is 5.32 Å². The number of hydrogen-bond acceptors (Lipinski definition) is 2. The predicted octanol–water partition coefficient (Wildman–Crippen LogP) is 4.02. The van der Waals surface area contributed by atoms with Gasteiger partial charge in [-0.25, -0.2) is 9.18 Å². The zero-order valence-corrected chi connectivity index (χ0v) is 15.2. The molecule has 1 N–H and O–H groups in total. The van der Waals surface area contributed by atoms with E-state index in [-0.39, 0.29) is 17.9 Å². The summed E-state index contributed by atoms with van der Waals surface area (Å²) >= 11 is 0. The molecule has 2 aliphatic carbocycles. The highest BCUT2D eigenvalue weighted by Gasteiger charge is 2.30. The molecule has 5 nitrogen and oxygen atoms in total. The van der Waals surface area contributed by atoms with Crippen LogP contribution >= 0.6 is 0 Å². The number of amides is 2. The van der Waals surface area contributed by atoms with Crippen LogP contribution in [-0.4, -0.2) is 26.8 Å². The molecular weight excluding hydrogens is 331 g/mol. The van der Waals surface area contributed by atoms with Crippen molar-refractivity contribution in [1.82, 2.24) is 14.7 Å². The fraction of sp³-hybridized carbons (Fsp3) is 0.500. The molecule has 2 amide bonds. The van der Waals surface area contributed by atoms with E-state index in [4.69, 9.17) is 0 Å². The van der Waals surface area contributed by atoms with Crippen molar-refractivity contribution in [2.24, 2.45) is 7.05 Å². The van der Waals surface area contributed by atoms with Crippen molar-refractivity contribution in [3.63, 3.8) is 0 Å². The molecule has 4 rings (SSSR count). The lowest BCUT2D eigenvalue weighted by molar-refractivity contribution is 0.183. The van der Waals surface area contributed by atoms with Crippen LogP contribution in [0.4, 0.5) is 14.9 Å². The van der Waals surface area contributed by atoms with Gasteiger partial charge in [-0.05, 0) is 61.9 Å². The first-order valence-electron chi connectivity index (χ1n) is 9.48. The van der Waals surface area contributed by atoms with Gasteiger partial charge in [-0.1, -0.05) is 12.8 Å². The summed E-state index contributed by atoms with van der Waals surface area (Å²) in [4.78, 5) is 14.9. The SMILES string of the molecule is Cn1nc(CN(C(=O)Nc2ccc(F)cc2)C2CCCC2)c2c1CCC2. The summed E-state index contributed by atoms with van der Waals surface area (Å²) in [5.41, 5.74) is 4.28. The Bertz CT molecular complexity index is 793. The number of carbonyl (C=O) groups is 1. The molecular formula is C20H25FN4O. The Balaban J connectivity index is 1.55. The van der Waals surface area contributed by atoms with Crippen molar-refractivity contribution in [2.45, 2.75) is 57.5 Å². The lowest BCUT2D eigenvalue weighted by Gasteiger charge is -2.29. The minimum atomic E-state index is -0.306. The van der Waals surface area contributed by atoms with Crippen LogP contribution in [0, 0.1) is 5.82 Å². The maximum Gasteiger partial charge on any atom is 0.322 e. The van der Waals surface area contributed by atoms with Crippen LogP contribution in [0.2, 0.25) is 0 Å². The molecule has 2 aromatic rings. The molecule has 1 heterocycles. The molecule has 0 saturated heterocycles. The van der Waals surface area contributed by atoms with Gasteiger partial charge in [0.15, 0.2) is 0 Å². The zero-order valence-electron chi connectivity index (χ0n) is 15.2. The molecule has 0 spiro atoms. The summed E-state index contributed by atoms with van der Waals surface area (Å²) in [7, 11) is 1.99. The molecule has 6 heteroatoms. The number of anilines is 1. The van der Waals surface area contributed by atoms with Gasteiger partial charge in [0.25, 0.3) is 0 Å². The van der Waals surface area contributed by atoms with Gasteiger partial charge in [0, 0.05) is 24.5 Å². The van der Waals surface area contributed by atoms with E-state index in [2.05, 4.69) is 10.4 Å². The van der Waals surface area contributed by atoms with Gasteiger partial charge in [-0.3, -0.25) is 4.68 Å². The van der Waals surface area contributed by atoms with Gasteiger partial charge >= 0.3 is 6.03 Å². The summed E-state index contributed by atoms with van der Waals surface area (Å²) in [6.45, 7) is 0.543. The van der Waals surface area contributed by atoms with Gasteiger partial charge in [-0.15, -0.1) is 0 Å². The number of aromatic nitrogens is 2. The number of fused-ring (bicyclic) bond motifs is 1. The molecule has 1 aromatic heterocycles. The first-order valence-corrected chi connectivity index (χ1v) is 9.48. The molecule has 2 aliphatic rings. The molecule has 0 radical (unpaired) electrons. The Morgan fingerprint density at radius 3 is 2.69 bits per heavy atom. The Hall–Kier alpha value is -2.37. The van der Waals surface area contributed by atoms with Crippen molar-refractivity contribution in [3.8, 4) is 0 Å². The summed E-state index contributed by atoms with van der Waals surface area (Å²) in [5, 5.41) is 7.62. The summed E-state index contributed by atoms with van der Waals surface area (Å²) in [6, 6.07) is 6.04. The quantitative estimate of drug-likeness (QED) is 0.899. The molecule has 1 aromatic carbocycles. The highest BCUT2D eigenvalue weighted by Crippen LogP contribution is 2.29. The third kappa shape index (κ3) is 3.32. The van der Waals surface area contributed by atoms with E-state index >= 15 is 0 Å². The topological polar surface area (TPSA) is 50.2 Å². The second kappa shape index (κ2) is 7.09. The van der Waals surface area contributed by atoms with Gasteiger partial charge in [-0.2, -0.15) is 5.10 Å². The van der Waals surface area contributed by atoms with Crippen LogP contribution in [0.25, 0.3) is 0 Å². The number of aryl methyl sites for hydroxylation is 1. The van der Waals surface area contributed by atoms with Crippen LogP contribution in [0.5, 0.6) is 0 Å². The van der Waals surface area contributed by atoms with E-state index in [0.29, 0.717) is 12.2 Å². The van der Waals surface area contributed by atoms with E-state index in [1.165, 1.54) is 29.8 Å². The van der Waals surface area contributed by atoms with Crippen LogP contribution in [0.1, 0.15) is 49.1 Å². The fourth-order valence-corrected chi connectivity index (χ4v) is 4.30. The monoisotopic (exact) mass is 356 g/mol. The van der Waals surface area contributed by atoms with E-state index in [1.807, 2.05) is 16.6 Å². The molecule has 138 valence electrons. The van der Waals surface area contributed by atoms with E-state index in [0.717, 1.165) is 44.2 Å². The molecule has 0 bridgehead atoms. The Morgan fingerprint density at radius 1 is 1.23 bits per heavy atom. The number of halogens is 1. The number of hydrogen-bond donors (Lipinski definition) is 1. The number of nitrogens with one attached hydrogen (secondary N) is 1. The van der Waals surface area contributed by atoms with E-state index in [1.54, 1.807) is 12.1 Å². The molecule has 0 unspecified atom stereocenters. The number of urea groups is 1. The molecule has 1 fully saturated rings. The smallest absolute Gasteiger partial charge is 0.316 e. The second-order valence-corrected chi connectivity index (χ2v) is 7.35. The average Bonchev–Trinajstić information content (AvgIpc) is 3.35. The lowest BCUT2D eigenvalue weighted by Crippen LogP contribution is -2.41. The van der Waals surface area contributed by atoms with Crippen molar-refractivity contribution >= 4 is 11.7 Å². The van der Waals surface area contributed by atoms with Gasteiger partial charge in [0.2, 0.25) is 0 Å². The van der Waals surface area contributed by atoms with Crippen LogP contribution in [0.15, 0.2) is 24.3 Å². The van der Waals surface area contributed by atoms with Gasteiger partial charge < -0.3 is 10.2 Å². The minimum Gasteiger partial charge on any atom is -0.316 e. The molecule has 0 atom stereocenters. The first kappa shape index (κ1) is 17.1. The van der Waals surface area contributed by atoms with Crippen LogP contribution in [-0.2, 0) is 26.4 Å². The van der Waals surface area contributed by atoms with Crippen molar-refractivity contribution < 1.29 is 9.18 Å². The van der Waals surface area contributed by atoms with Gasteiger partial charge in [0.1, 0.15) is 5.82 Å². The van der Waals surface area contributed by atoms with Crippen LogP contribution < -0.4 is 5.32 Å². The Labute approximate surface area is 153 Å². The zero-order chi connectivity index (χ0) is 18.1. The third-order valence-electron chi connectivity index (χ3n) is 5.64. The van der Waals surface area contributed by atoms with Crippen molar-refractivity contribution in [3.05, 3.63) is 47.0 Å². The second-order valence-electron chi connectivity index (χ2n) is 7.35. The Kier molecular flexibility index (Phi) is 4.66. The molecule has 1 saturated carbocycles. The van der Waals surface area contributed by atoms with Gasteiger partial charge in [0.05, 0.1) is 12.2 Å². The first-order chi connectivity index (χ1) is 12.6. The summed E-state index contributed by atoms with van der Waals surface area (Å²) in [5.74, 6) is -0.306. The Morgan fingerprint density at radius 2 is 1.96 bits per heavy atom. The highest BCUT2D eigenvalue weighted by atomic mass is 19.1. The highest BCUT2D eigenvalue weighted by molar-refractivity contribution is 5.89. The van der Waals surface area contributed by atoms with Crippen LogP contribution in [0.3, 0.4) is 0 Å². The predicted molar refractivity (Wildman–Crippen MR) is 98.5 cm³/mol. The maximum absolute atomic E-state index is 13.1. The average molecular weight is 356 g/mol. The summed E-state index contributed by atoms with van der Waals surface area (Å²) in [6.07, 6.45) is 7.67. The number of nitrogens with zero attached hydrogens (tertiary/aromatic N) is 3. The minimum absolute atomic E-state index is 0.124.